The molecule has 5 heteroatoms. The Labute approximate surface area is 125 Å². The van der Waals surface area contributed by atoms with E-state index in [2.05, 4.69) is 10.0 Å². The zero-order valence-electron chi connectivity index (χ0n) is 12.9. The Kier molecular flexibility index (Phi) is 4.53. The third-order valence-electron chi connectivity index (χ3n) is 4.55. The molecule has 2 rings (SSSR count). The van der Waals surface area contributed by atoms with Crippen LogP contribution in [0.2, 0.25) is 0 Å². The lowest BCUT2D eigenvalue weighted by molar-refractivity contribution is -0.134. The molecular weight excluding hydrogens is 264 g/mol. The van der Waals surface area contributed by atoms with Crippen molar-refractivity contribution in [3.63, 3.8) is 0 Å². The van der Waals surface area contributed by atoms with Gasteiger partial charge in [-0.05, 0) is 37.3 Å². The zero-order chi connectivity index (χ0) is 15.5. The van der Waals surface area contributed by atoms with Crippen LogP contribution < -0.4 is 0 Å². The van der Waals surface area contributed by atoms with Crippen molar-refractivity contribution in [2.24, 2.45) is 11.0 Å². The van der Waals surface area contributed by atoms with Crippen molar-refractivity contribution in [2.45, 2.75) is 38.6 Å². The second kappa shape index (κ2) is 6.19. The minimum absolute atomic E-state index is 0.0869. The van der Waals surface area contributed by atoms with Crippen LogP contribution in [0.15, 0.2) is 35.4 Å². The highest BCUT2D eigenvalue weighted by molar-refractivity contribution is 5.92. The summed E-state index contributed by atoms with van der Waals surface area (Å²) in [5, 5.41) is 3.81. The van der Waals surface area contributed by atoms with Gasteiger partial charge in [0.15, 0.2) is 0 Å². The number of carbonyl (C=O) groups excluding carboxylic acids is 1. The molecule has 1 aliphatic rings. The molecule has 0 heterocycles. The fourth-order valence-electron chi connectivity index (χ4n) is 3.26. The van der Waals surface area contributed by atoms with Gasteiger partial charge in [-0.25, -0.2) is 0 Å². The molecule has 0 spiro atoms. The maximum Gasteiger partial charge on any atom is 0.233 e. The van der Waals surface area contributed by atoms with Crippen LogP contribution in [0.1, 0.15) is 32.8 Å². The molecule has 3 atom stereocenters. The second-order valence-electron chi connectivity index (χ2n) is 5.57. The van der Waals surface area contributed by atoms with Gasteiger partial charge in [0.2, 0.25) is 5.91 Å². The molecule has 1 fully saturated rings. The van der Waals surface area contributed by atoms with Gasteiger partial charge < -0.3 is 4.90 Å². The van der Waals surface area contributed by atoms with E-state index in [0.29, 0.717) is 13.1 Å². The molecule has 0 N–H and O–H groups in total. The second-order valence-corrected chi connectivity index (χ2v) is 5.57. The molecule has 0 unspecified atom stereocenters. The van der Waals surface area contributed by atoms with Gasteiger partial charge in [0.05, 0.1) is 5.41 Å². The minimum atomic E-state index is -0.513. The first-order chi connectivity index (χ1) is 10.1. The van der Waals surface area contributed by atoms with Crippen LogP contribution in [0.4, 0.5) is 0 Å². The molecule has 0 aliphatic heterocycles. The first-order valence-corrected chi connectivity index (χ1v) is 7.50. The Morgan fingerprint density at radius 2 is 2.05 bits per heavy atom. The van der Waals surface area contributed by atoms with Crippen LogP contribution >= 0.6 is 0 Å². The van der Waals surface area contributed by atoms with E-state index in [4.69, 9.17) is 5.53 Å². The smallest absolute Gasteiger partial charge is 0.233 e. The Balaban J connectivity index is 2.39. The number of rotatable bonds is 6. The summed E-state index contributed by atoms with van der Waals surface area (Å²) in [7, 11) is 0. The third kappa shape index (κ3) is 2.61. The summed E-state index contributed by atoms with van der Waals surface area (Å²) >= 11 is 0. The molecule has 21 heavy (non-hydrogen) atoms. The lowest BCUT2D eigenvalue weighted by Gasteiger charge is -2.27. The van der Waals surface area contributed by atoms with Crippen molar-refractivity contribution in [2.75, 3.05) is 13.1 Å². The van der Waals surface area contributed by atoms with Gasteiger partial charge in [0, 0.05) is 24.0 Å². The van der Waals surface area contributed by atoms with Gasteiger partial charge in [-0.15, -0.1) is 0 Å². The number of likely N-dealkylation sites (N-methyl/N-ethyl adjacent to an activating group) is 1. The molecule has 112 valence electrons. The molecule has 1 aromatic rings. The molecular formula is C16H22N4O. The van der Waals surface area contributed by atoms with Crippen molar-refractivity contribution in [1.82, 2.24) is 4.90 Å². The largest absolute Gasteiger partial charge is 0.342 e. The van der Waals surface area contributed by atoms with Gasteiger partial charge in [0.25, 0.3) is 0 Å². The molecule has 0 aromatic heterocycles. The summed E-state index contributed by atoms with van der Waals surface area (Å²) in [6.07, 6.45) is 0.756. The van der Waals surface area contributed by atoms with Crippen LogP contribution in [0.25, 0.3) is 10.4 Å². The molecule has 1 amide bonds. The van der Waals surface area contributed by atoms with E-state index in [9.17, 15) is 4.79 Å². The maximum absolute atomic E-state index is 13.0. The first kappa shape index (κ1) is 15.4. The highest BCUT2D eigenvalue weighted by Gasteiger charge is 2.63. The maximum atomic E-state index is 13.0. The summed E-state index contributed by atoms with van der Waals surface area (Å²) in [5.41, 5.74) is 9.18. The quantitative estimate of drug-likeness (QED) is 0.448. The topological polar surface area (TPSA) is 69.1 Å². The van der Waals surface area contributed by atoms with Crippen LogP contribution in [0.5, 0.6) is 0 Å². The normalized spacial score (nSPS) is 24.8. The van der Waals surface area contributed by atoms with Crippen molar-refractivity contribution >= 4 is 5.91 Å². The Bertz CT molecular complexity index is 549. The molecule has 0 saturated heterocycles. The first-order valence-electron chi connectivity index (χ1n) is 7.50. The average molecular weight is 286 g/mol. The number of nitrogens with zero attached hydrogens (tertiary/aromatic N) is 4. The third-order valence-corrected chi connectivity index (χ3v) is 4.55. The Hall–Kier alpha value is -2.00. The number of hydrogen-bond acceptors (Lipinski definition) is 2. The summed E-state index contributed by atoms with van der Waals surface area (Å²) in [6, 6.07) is 9.71. The van der Waals surface area contributed by atoms with Gasteiger partial charge in [-0.2, -0.15) is 0 Å². The molecule has 0 bridgehead atoms. The van der Waals surface area contributed by atoms with E-state index >= 15 is 0 Å². The van der Waals surface area contributed by atoms with Crippen molar-refractivity contribution in [1.29, 1.82) is 0 Å². The summed E-state index contributed by atoms with van der Waals surface area (Å²) in [5.74, 6) is 0.243. The van der Waals surface area contributed by atoms with Crippen molar-refractivity contribution < 1.29 is 4.79 Å². The highest BCUT2D eigenvalue weighted by atomic mass is 16.2. The predicted molar refractivity (Wildman–Crippen MR) is 82.8 cm³/mol. The SMILES string of the molecule is CCN(CC)C(=O)[C@@]1(c2ccccc2)C[C@H]1[C@H](C)N=[N+]=[N-]. The number of azide groups is 1. The van der Waals surface area contributed by atoms with Crippen LogP contribution in [0, 0.1) is 5.92 Å². The van der Waals surface area contributed by atoms with E-state index in [1.807, 2.05) is 56.0 Å². The van der Waals surface area contributed by atoms with E-state index < -0.39 is 5.41 Å². The van der Waals surface area contributed by atoms with Crippen molar-refractivity contribution in [3.05, 3.63) is 46.3 Å². The van der Waals surface area contributed by atoms with Gasteiger partial charge in [-0.3, -0.25) is 4.79 Å². The molecule has 5 nitrogen and oxygen atoms in total. The average Bonchev–Trinajstić information content (AvgIpc) is 3.26. The zero-order valence-corrected chi connectivity index (χ0v) is 12.9. The van der Waals surface area contributed by atoms with Gasteiger partial charge in [-0.1, -0.05) is 42.4 Å². The number of hydrogen-bond donors (Lipinski definition) is 0. The monoisotopic (exact) mass is 286 g/mol. The van der Waals surface area contributed by atoms with Gasteiger partial charge >= 0.3 is 0 Å². The summed E-state index contributed by atoms with van der Waals surface area (Å²) in [4.78, 5) is 17.8. The van der Waals surface area contributed by atoms with Gasteiger partial charge in [0.1, 0.15) is 0 Å². The Morgan fingerprint density at radius 1 is 1.43 bits per heavy atom. The summed E-state index contributed by atoms with van der Waals surface area (Å²) in [6.45, 7) is 7.28. The molecule has 0 radical (unpaired) electrons. The van der Waals surface area contributed by atoms with Crippen LogP contribution in [-0.2, 0) is 10.2 Å². The lowest BCUT2D eigenvalue weighted by Crippen LogP contribution is -2.41. The molecule has 1 aliphatic carbocycles. The Morgan fingerprint density at radius 3 is 2.57 bits per heavy atom. The van der Waals surface area contributed by atoms with Crippen molar-refractivity contribution in [3.8, 4) is 0 Å². The van der Waals surface area contributed by atoms with E-state index in [1.165, 1.54) is 0 Å². The molecule has 1 saturated carbocycles. The number of benzene rings is 1. The van der Waals surface area contributed by atoms with E-state index in [0.717, 1.165) is 12.0 Å². The predicted octanol–water partition coefficient (Wildman–Crippen LogP) is 3.51. The van der Waals surface area contributed by atoms with Crippen LogP contribution in [0.3, 0.4) is 0 Å². The fourth-order valence-corrected chi connectivity index (χ4v) is 3.26. The number of carbonyl (C=O) groups is 1. The van der Waals surface area contributed by atoms with E-state index in [-0.39, 0.29) is 17.9 Å². The lowest BCUT2D eigenvalue weighted by atomic mass is 9.89. The summed E-state index contributed by atoms with van der Waals surface area (Å²) < 4.78 is 0. The van der Waals surface area contributed by atoms with E-state index in [1.54, 1.807) is 0 Å². The van der Waals surface area contributed by atoms with Crippen LogP contribution in [-0.4, -0.2) is 29.9 Å². The standard InChI is InChI=1S/C16H22N4O/c1-4-20(5-2)15(21)16(13-9-7-6-8-10-13)11-14(16)12(3)18-19-17/h6-10,12,14H,4-5,11H2,1-3H3/t12-,14-,16+/m0/s1. The minimum Gasteiger partial charge on any atom is -0.342 e. The molecule has 1 aromatic carbocycles. The fraction of sp³-hybridized carbons (Fsp3) is 0.562. The highest BCUT2D eigenvalue weighted by Crippen LogP contribution is 2.57. The number of amides is 1.